The zero-order chi connectivity index (χ0) is 11.1. The van der Waals surface area contributed by atoms with Crippen LogP contribution < -0.4 is 0 Å². The van der Waals surface area contributed by atoms with Gasteiger partial charge in [0, 0.05) is 11.1 Å². The standard InChI is InChI=1S/C12H9Cl2NO.HI/c13-9-2-1-3-10(14)11(9)12-8(6-16-15-12)7-4-5-7;/h1-3,6-7H,4-5H2;1H. The highest BCUT2D eigenvalue weighted by molar-refractivity contribution is 14.0. The number of nitrogens with zero attached hydrogens (tertiary/aromatic N) is 1. The van der Waals surface area contributed by atoms with E-state index in [1.54, 1.807) is 6.26 Å². The zero-order valence-corrected chi connectivity index (χ0v) is 12.7. The van der Waals surface area contributed by atoms with Crippen LogP contribution in [0.25, 0.3) is 11.3 Å². The monoisotopic (exact) mass is 381 g/mol. The molecule has 0 radical (unpaired) electrons. The lowest BCUT2D eigenvalue weighted by Crippen LogP contribution is -1.86. The number of halogens is 3. The van der Waals surface area contributed by atoms with Crippen LogP contribution in [0.4, 0.5) is 0 Å². The number of benzene rings is 1. The Labute approximate surface area is 126 Å². The van der Waals surface area contributed by atoms with E-state index < -0.39 is 0 Å². The molecular weight excluding hydrogens is 372 g/mol. The molecule has 1 aliphatic carbocycles. The average Bonchev–Trinajstić information content (AvgIpc) is 2.99. The SMILES string of the molecule is Clc1cccc(Cl)c1-c1nocc1C1CC1.I. The summed E-state index contributed by atoms with van der Waals surface area (Å²) in [5.41, 5.74) is 2.69. The van der Waals surface area contributed by atoms with E-state index in [9.17, 15) is 0 Å². The zero-order valence-electron chi connectivity index (χ0n) is 8.82. The van der Waals surface area contributed by atoms with Gasteiger partial charge in [-0.3, -0.25) is 0 Å². The second kappa shape index (κ2) is 5.16. The van der Waals surface area contributed by atoms with Crippen LogP contribution in [0.1, 0.15) is 24.3 Å². The number of rotatable bonds is 2. The number of hydrogen-bond donors (Lipinski definition) is 0. The number of hydrogen-bond acceptors (Lipinski definition) is 2. The molecule has 0 spiro atoms. The van der Waals surface area contributed by atoms with Gasteiger partial charge in [0.1, 0.15) is 12.0 Å². The van der Waals surface area contributed by atoms with Crippen molar-refractivity contribution >= 4 is 47.2 Å². The molecule has 1 aromatic carbocycles. The third kappa shape index (κ3) is 2.46. The van der Waals surface area contributed by atoms with Crippen LogP contribution in [-0.2, 0) is 0 Å². The Morgan fingerprint density at radius 1 is 1.18 bits per heavy atom. The lowest BCUT2D eigenvalue weighted by atomic mass is 10.1. The van der Waals surface area contributed by atoms with Gasteiger partial charge in [-0.15, -0.1) is 24.0 Å². The Hall–Kier alpha value is -0.260. The second-order valence-corrected chi connectivity index (χ2v) is 4.80. The maximum atomic E-state index is 6.15. The molecule has 0 aliphatic heterocycles. The molecule has 1 saturated carbocycles. The van der Waals surface area contributed by atoms with E-state index >= 15 is 0 Å². The minimum Gasteiger partial charge on any atom is -0.364 e. The summed E-state index contributed by atoms with van der Waals surface area (Å²) in [5, 5.41) is 5.25. The van der Waals surface area contributed by atoms with Gasteiger partial charge in [0.2, 0.25) is 0 Å². The van der Waals surface area contributed by atoms with E-state index in [0.29, 0.717) is 16.0 Å². The Balaban J connectivity index is 0.00000108. The summed E-state index contributed by atoms with van der Waals surface area (Å²) in [6, 6.07) is 5.45. The highest BCUT2D eigenvalue weighted by atomic mass is 127. The first-order valence-electron chi connectivity index (χ1n) is 5.16. The summed E-state index contributed by atoms with van der Waals surface area (Å²) in [6.07, 6.45) is 4.08. The Morgan fingerprint density at radius 2 is 1.82 bits per heavy atom. The van der Waals surface area contributed by atoms with Crippen LogP contribution in [-0.4, -0.2) is 5.16 Å². The molecule has 0 amide bonds. The third-order valence-corrected chi connectivity index (χ3v) is 3.44. The van der Waals surface area contributed by atoms with Crippen molar-refractivity contribution in [2.45, 2.75) is 18.8 Å². The van der Waals surface area contributed by atoms with Crippen molar-refractivity contribution in [2.75, 3.05) is 0 Å². The lowest BCUT2D eigenvalue weighted by molar-refractivity contribution is 0.421. The van der Waals surface area contributed by atoms with Gasteiger partial charge in [-0.25, -0.2) is 0 Å². The molecule has 2 aromatic rings. The van der Waals surface area contributed by atoms with Crippen LogP contribution in [0.3, 0.4) is 0 Å². The van der Waals surface area contributed by atoms with Crippen molar-refractivity contribution in [3.8, 4) is 11.3 Å². The Bertz CT molecular complexity index is 517. The summed E-state index contributed by atoms with van der Waals surface area (Å²) in [5.74, 6) is 0.564. The van der Waals surface area contributed by atoms with Crippen molar-refractivity contribution in [2.24, 2.45) is 0 Å². The van der Waals surface area contributed by atoms with Gasteiger partial charge in [0.15, 0.2) is 0 Å². The van der Waals surface area contributed by atoms with E-state index in [2.05, 4.69) is 5.16 Å². The summed E-state index contributed by atoms with van der Waals surface area (Å²) in [6.45, 7) is 0. The first-order chi connectivity index (χ1) is 7.77. The van der Waals surface area contributed by atoms with E-state index in [-0.39, 0.29) is 24.0 Å². The topological polar surface area (TPSA) is 26.0 Å². The fourth-order valence-corrected chi connectivity index (χ4v) is 2.42. The predicted molar refractivity (Wildman–Crippen MR) is 79.3 cm³/mol. The van der Waals surface area contributed by atoms with Crippen molar-refractivity contribution in [1.29, 1.82) is 0 Å². The van der Waals surface area contributed by atoms with Crippen LogP contribution in [0.2, 0.25) is 10.0 Å². The van der Waals surface area contributed by atoms with Crippen molar-refractivity contribution < 1.29 is 4.52 Å². The smallest absolute Gasteiger partial charge is 0.127 e. The minimum absolute atomic E-state index is 0. The van der Waals surface area contributed by atoms with Crippen LogP contribution in [0, 0.1) is 0 Å². The Kier molecular flexibility index (Phi) is 4.00. The van der Waals surface area contributed by atoms with E-state index in [0.717, 1.165) is 16.8 Å². The lowest BCUT2D eigenvalue weighted by Gasteiger charge is -2.04. The molecule has 5 heteroatoms. The summed E-state index contributed by atoms with van der Waals surface area (Å²) in [7, 11) is 0. The fraction of sp³-hybridized carbons (Fsp3) is 0.250. The van der Waals surface area contributed by atoms with Gasteiger partial charge in [-0.2, -0.15) is 0 Å². The first kappa shape index (κ1) is 13.2. The Morgan fingerprint density at radius 3 is 2.41 bits per heavy atom. The van der Waals surface area contributed by atoms with Crippen molar-refractivity contribution in [1.82, 2.24) is 5.16 Å². The van der Waals surface area contributed by atoms with E-state index in [1.165, 1.54) is 12.8 Å². The van der Waals surface area contributed by atoms with Crippen molar-refractivity contribution in [3.05, 3.63) is 40.1 Å². The normalized spacial score (nSPS) is 14.5. The molecule has 0 unspecified atom stereocenters. The van der Waals surface area contributed by atoms with E-state index in [1.807, 2.05) is 18.2 Å². The summed E-state index contributed by atoms with van der Waals surface area (Å²) < 4.78 is 5.04. The third-order valence-electron chi connectivity index (χ3n) is 2.81. The molecule has 0 N–H and O–H groups in total. The van der Waals surface area contributed by atoms with Gasteiger partial charge in [-0.1, -0.05) is 34.4 Å². The molecule has 2 nitrogen and oxygen atoms in total. The second-order valence-electron chi connectivity index (χ2n) is 3.99. The molecule has 17 heavy (non-hydrogen) atoms. The first-order valence-corrected chi connectivity index (χ1v) is 5.91. The molecule has 0 saturated heterocycles. The average molecular weight is 382 g/mol. The van der Waals surface area contributed by atoms with Gasteiger partial charge >= 0.3 is 0 Å². The molecular formula is C12H10Cl2INO. The fourth-order valence-electron chi connectivity index (χ4n) is 1.84. The molecule has 1 heterocycles. The molecule has 3 rings (SSSR count). The summed E-state index contributed by atoms with van der Waals surface area (Å²) >= 11 is 12.3. The highest BCUT2D eigenvalue weighted by Gasteiger charge is 2.30. The van der Waals surface area contributed by atoms with Crippen LogP contribution >= 0.6 is 47.2 Å². The molecule has 90 valence electrons. The van der Waals surface area contributed by atoms with Gasteiger partial charge in [-0.05, 0) is 30.9 Å². The van der Waals surface area contributed by atoms with Gasteiger partial charge in [0.05, 0.1) is 10.0 Å². The maximum absolute atomic E-state index is 6.15. The van der Waals surface area contributed by atoms with Crippen LogP contribution in [0.5, 0.6) is 0 Å². The van der Waals surface area contributed by atoms with Gasteiger partial charge < -0.3 is 4.52 Å². The maximum Gasteiger partial charge on any atom is 0.127 e. The van der Waals surface area contributed by atoms with Crippen LogP contribution in [0.15, 0.2) is 29.0 Å². The molecule has 1 fully saturated rings. The molecule has 0 atom stereocenters. The molecule has 1 aromatic heterocycles. The van der Waals surface area contributed by atoms with E-state index in [4.69, 9.17) is 27.7 Å². The minimum atomic E-state index is 0. The highest BCUT2D eigenvalue weighted by Crippen LogP contribution is 2.46. The molecule has 0 bridgehead atoms. The quantitative estimate of drug-likeness (QED) is 0.673. The number of aromatic nitrogens is 1. The van der Waals surface area contributed by atoms with Gasteiger partial charge in [0.25, 0.3) is 0 Å². The molecule has 1 aliphatic rings. The van der Waals surface area contributed by atoms with Crippen molar-refractivity contribution in [3.63, 3.8) is 0 Å². The summed E-state index contributed by atoms with van der Waals surface area (Å²) in [4.78, 5) is 0. The largest absolute Gasteiger partial charge is 0.364 e. The predicted octanol–water partition coefficient (Wildman–Crippen LogP) is 5.14.